The summed E-state index contributed by atoms with van der Waals surface area (Å²) in [7, 11) is 0. The Morgan fingerprint density at radius 1 is 1.42 bits per heavy atom. The molecule has 0 heterocycles. The number of nitrogen functional groups attached to an aromatic ring is 1. The molecule has 12 heavy (non-hydrogen) atoms. The van der Waals surface area contributed by atoms with Gasteiger partial charge in [-0.25, -0.2) is 0 Å². The van der Waals surface area contributed by atoms with Gasteiger partial charge in [-0.3, -0.25) is 5.14 Å². The van der Waals surface area contributed by atoms with Crippen LogP contribution in [0, 0.1) is 0 Å². The summed E-state index contributed by atoms with van der Waals surface area (Å²) >= 11 is 5.94. The first-order chi connectivity index (χ1) is 5.65. The lowest BCUT2D eigenvalue weighted by Gasteiger charge is -2.04. The fourth-order valence-corrected chi connectivity index (χ4v) is 1.33. The molecular weight excluding hydrogens is 190 g/mol. The van der Waals surface area contributed by atoms with E-state index in [0.29, 0.717) is 16.2 Å². The van der Waals surface area contributed by atoms with Gasteiger partial charge in [0, 0.05) is 16.1 Å². The maximum absolute atomic E-state index is 5.63. The van der Waals surface area contributed by atoms with Crippen LogP contribution in [0.25, 0.3) is 0 Å². The van der Waals surface area contributed by atoms with E-state index in [1.165, 1.54) is 0 Å². The molecular formula is C7H9N3S2. The highest BCUT2D eigenvalue weighted by atomic mass is 32.2. The van der Waals surface area contributed by atoms with Crippen molar-refractivity contribution in [1.82, 2.24) is 0 Å². The van der Waals surface area contributed by atoms with E-state index in [2.05, 4.69) is 0 Å². The Morgan fingerprint density at radius 2 is 2.08 bits per heavy atom. The van der Waals surface area contributed by atoms with Gasteiger partial charge in [-0.05, 0) is 30.1 Å². The summed E-state index contributed by atoms with van der Waals surface area (Å²) in [4.78, 5) is 1.19. The first-order valence-electron chi connectivity index (χ1n) is 3.21. The Kier molecular flexibility index (Phi) is 2.91. The Balaban J connectivity index is 3.17. The minimum absolute atomic E-state index is 0.295. The third-order valence-electron chi connectivity index (χ3n) is 1.43. The molecule has 1 rings (SSSR count). The molecule has 0 radical (unpaired) electrons. The van der Waals surface area contributed by atoms with Gasteiger partial charge >= 0.3 is 0 Å². The molecule has 0 amide bonds. The number of nitrogens with two attached hydrogens (primary N) is 3. The van der Waals surface area contributed by atoms with Crippen LogP contribution in [-0.2, 0) is 0 Å². The number of anilines is 1. The Hall–Kier alpha value is -0.780. The summed E-state index contributed by atoms with van der Waals surface area (Å²) in [6.07, 6.45) is 0. The summed E-state index contributed by atoms with van der Waals surface area (Å²) in [6, 6.07) is 5.34. The van der Waals surface area contributed by atoms with E-state index in [-0.39, 0.29) is 0 Å². The Labute approximate surface area is 80.4 Å². The molecule has 1 aromatic rings. The van der Waals surface area contributed by atoms with Gasteiger partial charge in [0.2, 0.25) is 0 Å². The van der Waals surface area contributed by atoms with Crippen LogP contribution in [0.1, 0.15) is 5.56 Å². The number of hydrogen-bond acceptors (Lipinski definition) is 4. The van der Waals surface area contributed by atoms with Crippen molar-refractivity contribution in [2.45, 2.75) is 4.90 Å². The molecule has 64 valence electrons. The molecule has 0 atom stereocenters. The van der Waals surface area contributed by atoms with Crippen LogP contribution in [-0.4, -0.2) is 4.99 Å². The maximum atomic E-state index is 5.63. The first-order valence-corrected chi connectivity index (χ1v) is 4.50. The van der Waals surface area contributed by atoms with Gasteiger partial charge in [0.15, 0.2) is 0 Å². The average molecular weight is 199 g/mol. The van der Waals surface area contributed by atoms with E-state index in [1.807, 2.05) is 6.07 Å². The predicted octanol–water partition coefficient (Wildman–Crippen LogP) is 0.869. The summed E-state index contributed by atoms with van der Waals surface area (Å²) in [5.41, 5.74) is 12.3. The SMILES string of the molecule is NSc1ccc(N)c(C(N)=S)c1. The van der Waals surface area contributed by atoms with Crippen molar-refractivity contribution in [2.24, 2.45) is 10.9 Å². The molecule has 0 aliphatic rings. The molecule has 0 spiro atoms. The molecule has 6 N–H and O–H groups in total. The number of thiocarbonyl (C=S) groups is 1. The third-order valence-corrected chi connectivity index (χ3v) is 2.17. The highest BCUT2D eigenvalue weighted by Gasteiger charge is 2.02. The van der Waals surface area contributed by atoms with E-state index >= 15 is 0 Å². The van der Waals surface area contributed by atoms with E-state index in [0.717, 1.165) is 16.8 Å². The van der Waals surface area contributed by atoms with Crippen molar-refractivity contribution < 1.29 is 0 Å². The molecule has 0 aromatic heterocycles. The smallest absolute Gasteiger partial charge is 0.106 e. The predicted molar refractivity (Wildman–Crippen MR) is 56.8 cm³/mol. The standard InChI is InChI=1S/C7H9N3S2/c8-6-2-1-4(12-10)3-5(6)7(9)11/h1-3H,8,10H2,(H2,9,11). The highest BCUT2D eigenvalue weighted by molar-refractivity contribution is 7.97. The lowest BCUT2D eigenvalue weighted by atomic mass is 10.2. The van der Waals surface area contributed by atoms with Gasteiger partial charge < -0.3 is 11.5 Å². The minimum atomic E-state index is 0.295. The average Bonchev–Trinajstić information content (AvgIpc) is 2.05. The quantitative estimate of drug-likeness (QED) is 0.374. The van der Waals surface area contributed by atoms with E-state index in [9.17, 15) is 0 Å². The maximum Gasteiger partial charge on any atom is 0.106 e. The van der Waals surface area contributed by atoms with Crippen molar-refractivity contribution in [3.05, 3.63) is 23.8 Å². The van der Waals surface area contributed by atoms with Gasteiger partial charge in [-0.15, -0.1) is 0 Å². The molecule has 0 saturated carbocycles. The van der Waals surface area contributed by atoms with Crippen LogP contribution in [0.15, 0.2) is 23.1 Å². The van der Waals surface area contributed by atoms with Crippen LogP contribution in [0.2, 0.25) is 0 Å². The second kappa shape index (κ2) is 3.75. The van der Waals surface area contributed by atoms with Gasteiger partial charge in [-0.1, -0.05) is 12.2 Å². The zero-order valence-electron chi connectivity index (χ0n) is 6.28. The number of benzene rings is 1. The molecule has 0 aliphatic heterocycles. The fourth-order valence-electron chi connectivity index (χ4n) is 0.822. The van der Waals surface area contributed by atoms with Gasteiger partial charge in [0.25, 0.3) is 0 Å². The van der Waals surface area contributed by atoms with E-state index in [4.69, 9.17) is 28.8 Å². The van der Waals surface area contributed by atoms with Crippen molar-refractivity contribution >= 4 is 34.8 Å². The summed E-state index contributed by atoms with van der Waals surface area (Å²) in [5, 5.41) is 5.36. The first kappa shape index (κ1) is 9.31. The van der Waals surface area contributed by atoms with Gasteiger partial charge in [0.05, 0.1) is 0 Å². The second-order valence-electron chi connectivity index (χ2n) is 2.23. The van der Waals surface area contributed by atoms with Crippen molar-refractivity contribution in [1.29, 1.82) is 0 Å². The van der Waals surface area contributed by atoms with Crippen molar-refractivity contribution in [2.75, 3.05) is 5.73 Å². The molecule has 3 nitrogen and oxygen atoms in total. The second-order valence-corrected chi connectivity index (χ2v) is 3.38. The lowest BCUT2D eigenvalue weighted by Crippen LogP contribution is -2.12. The lowest BCUT2D eigenvalue weighted by molar-refractivity contribution is 1.44. The molecule has 0 aliphatic carbocycles. The van der Waals surface area contributed by atoms with Crippen LogP contribution in [0.3, 0.4) is 0 Å². The fraction of sp³-hybridized carbons (Fsp3) is 0. The molecule has 5 heteroatoms. The van der Waals surface area contributed by atoms with E-state index < -0.39 is 0 Å². The molecule has 0 fully saturated rings. The third kappa shape index (κ3) is 1.88. The van der Waals surface area contributed by atoms with Crippen LogP contribution in [0.5, 0.6) is 0 Å². The monoisotopic (exact) mass is 199 g/mol. The normalized spacial score (nSPS) is 9.75. The molecule has 0 unspecified atom stereocenters. The zero-order chi connectivity index (χ0) is 9.14. The number of rotatable bonds is 2. The van der Waals surface area contributed by atoms with Crippen LogP contribution >= 0.6 is 24.2 Å². The van der Waals surface area contributed by atoms with Crippen molar-refractivity contribution in [3.8, 4) is 0 Å². The van der Waals surface area contributed by atoms with Gasteiger partial charge in [0.1, 0.15) is 4.99 Å². The van der Waals surface area contributed by atoms with Crippen LogP contribution in [0.4, 0.5) is 5.69 Å². The Morgan fingerprint density at radius 3 is 2.58 bits per heavy atom. The Bertz CT molecular complexity index is 312. The van der Waals surface area contributed by atoms with E-state index in [1.54, 1.807) is 12.1 Å². The zero-order valence-corrected chi connectivity index (χ0v) is 7.91. The minimum Gasteiger partial charge on any atom is -0.398 e. The highest BCUT2D eigenvalue weighted by Crippen LogP contribution is 2.19. The molecule has 0 saturated heterocycles. The summed E-state index contributed by atoms with van der Waals surface area (Å²) < 4.78 is 0. The molecule has 1 aromatic carbocycles. The van der Waals surface area contributed by atoms with Gasteiger partial charge in [-0.2, -0.15) is 0 Å². The van der Waals surface area contributed by atoms with Crippen molar-refractivity contribution in [3.63, 3.8) is 0 Å². The summed E-state index contributed by atoms with van der Waals surface area (Å²) in [6.45, 7) is 0. The molecule has 0 bridgehead atoms. The van der Waals surface area contributed by atoms with Crippen LogP contribution < -0.4 is 16.6 Å². The topological polar surface area (TPSA) is 78.1 Å². The number of hydrogen-bond donors (Lipinski definition) is 3. The largest absolute Gasteiger partial charge is 0.398 e. The summed E-state index contributed by atoms with van der Waals surface area (Å²) in [5.74, 6) is 0.